The van der Waals surface area contributed by atoms with Crippen molar-refractivity contribution in [1.29, 1.82) is 0 Å². The number of hydrogen-bond acceptors (Lipinski definition) is 4. The number of benzene rings is 2. The molecule has 1 aromatic heterocycles. The number of fused-ring (bicyclic) bond motifs is 1. The molecular weight excluding hydrogens is 357 g/mol. The number of carbonyl (C=O) groups excluding carboxylic acids is 1. The number of likely N-dealkylation sites (tertiary alicyclic amines) is 1. The molecule has 1 aliphatic heterocycles. The number of nitrogens with zero attached hydrogens (tertiary/aromatic N) is 3. The second-order valence-corrected chi connectivity index (χ2v) is 7.43. The summed E-state index contributed by atoms with van der Waals surface area (Å²) in [5.41, 5.74) is 3.42. The van der Waals surface area contributed by atoms with Crippen molar-refractivity contribution in [2.45, 2.75) is 32.3 Å². The van der Waals surface area contributed by atoms with Gasteiger partial charge >= 0.3 is 0 Å². The summed E-state index contributed by atoms with van der Waals surface area (Å²) in [7, 11) is 0. The Bertz CT molecular complexity index is 1040. The molecule has 2 heterocycles. The molecule has 0 radical (unpaired) electrons. The third kappa shape index (κ3) is 3.36. The van der Waals surface area contributed by atoms with Crippen LogP contribution in [-0.4, -0.2) is 39.0 Å². The zero-order valence-corrected chi connectivity index (χ0v) is 15.9. The van der Waals surface area contributed by atoms with E-state index < -0.39 is 5.60 Å². The van der Waals surface area contributed by atoms with E-state index in [-0.39, 0.29) is 11.7 Å². The van der Waals surface area contributed by atoms with E-state index in [0.29, 0.717) is 42.6 Å². The van der Waals surface area contributed by atoms with Crippen LogP contribution in [0.5, 0.6) is 0 Å². The Balaban J connectivity index is 1.51. The third-order valence-corrected chi connectivity index (χ3v) is 5.58. The van der Waals surface area contributed by atoms with Gasteiger partial charge in [0.1, 0.15) is 5.82 Å². The maximum Gasteiger partial charge on any atom is 0.253 e. The van der Waals surface area contributed by atoms with Crippen LogP contribution in [0, 0.1) is 19.7 Å². The number of aromatic nitrogens is 2. The van der Waals surface area contributed by atoms with E-state index in [0.717, 1.165) is 16.9 Å². The van der Waals surface area contributed by atoms with Gasteiger partial charge in [0.25, 0.3) is 5.91 Å². The Kier molecular flexibility index (Phi) is 4.59. The van der Waals surface area contributed by atoms with E-state index in [2.05, 4.69) is 9.97 Å². The molecule has 0 saturated carbocycles. The van der Waals surface area contributed by atoms with Crippen LogP contribution in [0.4, 0.5) is 4.39 Å². The van der Waals surface area contributed by atoms with E-state index >= 15 is 0 Å². The molecule has 144 valence electrons. The van der Waals surface area contributed by atoms with Crippen molar-refractivity contribution in [3.63, 3.8) is 0 Å². The first-order valence-electron chi connectivity index (χ1n) is 9.38. The molecule has 0 unspecified atom stereocenters. The normalized spacial score (nSPS) is 16.4. The van der Waals surface area contributed by atoms with Crippen LogP contribution in [-0.2, 0) is 5.60 Å². The Morgan fingerprint density at radius 3 is 2.25 bits per heavy atom. The first-order chi connectivity index (χ1) is 13.4. The molecule has 0 spiro atoms. The van der Waals surface area contributed by atoms with Crippen LogP contribution in [0.1, 0.15) is 40.2 Å². The van der Waals surface area contributed by atoms with E-state index in [4.69, 9.17) is 0 Å². The van der Waals surface area contributed by atoms with Gasteiger partial charge in [0.05, 0.1) is 28.0 Å². The van der Waals surface area contributed by atoms with Crippen molar-refractivity contribution in [2.75, 3.05) is 13.1 Å². The van der Waals surface area contributed by atoms with E-state index in [1.165, 1.54) is 12.1 Å². The summed E-state index contributed by atoms with van der Waals surface area (Å²) < 4.78 is 13.1. The lowest BCUT2D eigenvalue weighted by atomic mass is 9.84. The Labute approximate surface area is 162 Å². The minimum atomic E-state index is -1.03. The molecule has 6 heteroatoms. The zero-order valence-electron chi connectivity index (χ0n) is 15.9. The largest absolute Gasteiger partial charge is 0.385 e. The smallest absolute Gasteiger partial charge is 0.253 e. The van der Waals surface area contributed by atoms with Crippen molar-refractivity contribution in [3.8, 4) is 0 Å². The minimum absolute atomic E-state index is 0.0805. The number of halogens is 1. The molecule has 0 atom stereocenters. The molecule has 5 nitrogen and oxygen atoms in total. The highest BCUT2D eigenvalue weighted by molar-refractivity contribution is 5.97. The Hall–Kier alpha value is -2.86. The van der Waals surface area contributed by atoms with Crippen molar-refractivity contribution >= 4 is 16.9 Å². The summed E-state index contributed by atoms with van der Waals surface area (Å²) in [5.74, 6) is -0.409. The van der Waals surface area contributed by atoms with E-state index in [1.54, 1.807) is 29.2 Å². The maximum atomic E-state index is 13.1. The molecule has 1 amide bonds. The SMILES string of the molecule is Cc1nc2ccc(C(=O)N3CCC(O)(c4ccc(F)cc4)CC3)cc2nc1C. The highest BCUT2D eigenvalue weighted by atomic mass is 19.1. The standard InChI is InChI=1S/C22H22FN3O2/c1-14-15(2)25-20-13-16(3-8-19(20)24-14)21(27)26-11-9-22(28,10-12-26)17-4-6-18(23)7-5-17/h3-8,13,28H,9-12H2,1-2H3. The van der Waals surface area contributed by atoms with Crippen LogP contribution in [0.15, 0.2) is 42.5 Å². The van der Waals surface area contributed by atoms with Crippen molar-refractivity contribution in [2.24, 2.45) is 0 Å². The fourth-order valence-corrected chi connectivity index (χ4v) is 3.67. The molecular formula is C22H22FN3O2. The molecule has 0 aliphatic carbocycles. The summed E-state index contributed by atoms with van der Waals surface area (Å²) in [6, 6.07) is 11.3. The molecule has 28 heavy (non-hydrogen) atoms. The average molecular weight is 379 g/mol. The molecule has 1 fully saturated rings. The molecule has 1 aliphatic rings. The predicted molar refractivity (Wildman–Crippen MR) is 104 cm³/mol. The lowest BCUT2D eigenvalue weighted by Gasteiger charge is -2.38. The molecule has 0 bridgehead atoms. The molecule has 3 aromatic rings. The molecule has 2 aromatic carbocycles. The average Bonchev–Trinajstić information content (AvgIpc) is 2.69. The number of aryl methyl sites for hydroxylation is 2. The number of carbonyl (C=O) groups is 1. The first kappa shape index (κ1) is 18.5. The van der Waals surface area contributed by atoms with Crippen LogP contribution < -0.4 is 0 Å². The van der Waals surface area contributed by atoms with Crippen LogP contribution in [0.3, 0.4) is 0 Å². The van der Waals surface area contributed by atoms with Gasteiger partial charge in [-0.2, -0.15) is 0 Å². The number of rotatable bonds is 2. The first-order valence-corrected chi connectivity index (χ1v) is 9.38. The fraction of sp³-hybridized carbons (Fsp3) is 0.318. The van der Waals surface area contributed by atoms with Crippen LogP contribution in [0.2, 0.25) is 0 Å². The Morgan fingerprint density at radius 1 is 1.00 bits per heavy atom. The Morgan fingerprint density at radius 2 is 1.61 bits per heavy atom. The second-order valence-electron chi connectivity index (χ2n) is 7.43. The number of aliphatic hydroxyl groups is 1. The zero-order chi connectivity index (χ0) is 19.9. The predicted octanol–water partition coefficient (Wildman–Crippen LogP) is 3.51. The van der Waals surface area contributed by atoms with Gasteiger partial charge in [-0.1, -0.05) is 12.1 Å². The monoisotopic (exact) mass is 379 g/mol. The van der Waals surface area contributed by atoms with Gasteiger partial charge in [-0.3, -0.25) is 4.79 Å². The van der Waals surface area contributed by atoms with E-state index in [9.17, 15) is 14.3 Å². The second kappa shape index (κ2) is 6.95. The number of hydrogen-bond donors (Lipinski definition) is 1. The number of piperidine rings is 1. The lowest BCUT2D eigenvalue weighted by molar-refractivity contribution is -0.0211. The summed E-state index contributed by atoms with van der Waals surface area (Å²) in [6.45, 7) is 4.68. The maximum absolute atomic E-state index is 13.1. The summed E-state index contributed by atoms with van der Waals surface area (Å²) in [5, 5.41) is 10.9. The van der Waals surface area contributed by atoms with Gasteiger partial charge in [0, 0.05) is 18.7 Å². The van der Waals surface area contributed by atoms with Gasteiger partial charge in [0.2, 0.25) is 0 Å². The summed E-state index contributed by atoms with van der Waals surface area (Å²) >= 11 is 0. The third-order valence-electron chi connectivity index (χ3n) is 5.58. The van der Waals surface area contributed by atoms with Gasteiger partial charge in [-0.15, -0.1) is 0 Å². The van der Waals surface area contributed by atoms with Gasteiger partial charge in [0.15, 0.2) is 0 Å². The highest BCUT2D eigenvalue weighted by Gasteiger charge is 2.35. The number of amides is 1. The topological polar surface area (TPSA) is 66.3 Å². The summed E-state index contributed by atoms with van der Waals surface area (Å²) in [4.78, 5) is 23.7. The highest BCUT2D eigenvalue weighted by Crippen LogP contribution is 2.33. The quantitative estimate of drug-likeness (QED) is 0.740. The lowest BCUT2D eigenvalue weighted by Crippen LogP contribution is -2.45. The summed E-state index contributed by atoms with van der Waals surface area (Å²) in [6.07, 6.45) is 0.826. The van der Waals surface area contributed by atoms with E-state index in [1.807, 2.05) is 19.9 Å². The molecule has 1 saturated heterocycles. The van der Waals surface area contributed by atoms with Gasteiger partial charge in [-0.05, 0) is 62.6 Å². The van der Waals surface area contributed by atoms with Crippen LogP contribution in [0.25, 0.3) is 11.0 Å². The van der Waals surface area contributed by atoms with Crippen LogP contribution >= 0.6 is 0 Å². The van der Waals surface area contributed by atoms with Gasteiger partial charge in [-0.25, -0.2) is 14.4 Å². The van der Waals surface area contributed by atoms with Crippen molar-refractivity contribution in [1.82, 2.24) is 14.9 Å². The fourth-order valence-electron chi connectivity index (χ4n) is 3.67. The molecule has 1 N–H and O–H groups in total. The molecule has 4 rings (SSSR count). The van der Waals surface area contributed by atoms with Crippen molar-refractivity contribution < 1.29 is 14.3 Å². The van der Waals surface area contributed by atoms with Gasteiger partial charge < -0.3 is 10.0 Å². The minimum Gasteiger partial charge on any atom is -0.385 e. The van der Waals surface area contributed by atoms with Crippen molar-refractivity contribution in [3.05, 3.63) is 70.8 Å².